The second-order valence-corrected chi connectivity index (χ2v) is 8.29. The van der Waals surface area contributed by atoms with Gasteiger partial charge in [0.2, 0.25) is 5.91 Å². The fraction of sp³-hybridized carbons (Fsp3) is 0.480. The predicted octanol–water partition coefficient (Wildman–Crippen LogP) is 6.25. The third-order valence-corrected chi connectivity index (χ3v) is 6.00. The molecule has 0 saturated carbocycles. The summed E-state index contributed by atoms with van der Waals surface area (Å²) in [5.74, 6) is 1.85. The Morgan fingerprint density at radius 1 is 1.07 bits per heavy atom. The van der Waals surface area contributed by atoms with Crippen molar-refractivity contribution in [1.82, 2.24) is 0 Å². The van der Waals surface area contributed by atoms with Gasteiger partial charge in [0.25, 0.3) is 0 Å². The molecular weight excluding hydrogens is 346 g/mol. The summed E-state index contributed by atoms with van der Waals surface area (Å²) in [6, 6.07) is 8.92. The van der Waals surface area contributed by atoms with E-state index in [1.165, 1.54) is 22.3 Å². The van der Waals surface area contributed by atoms with Gasteiger partial charge in [0.05, 0.1) is 6.61 Å². The monoisotopic (exact) mass is 379 g/mol. The maximum atomic E-state index is 12.3. The SMILES string of the molecule is CCCC(=O)Nc1c(C)c2c(c(C(C)c3ccc(C(C)C)cc3)c1C)OCC2. The molecule has 150 valence electrons. The van der Waals surface area contributed by atoms with Crippen molar-refractivity contribution in [3.63, 3.8) is 0 Å². The smallest absolute Gasteiger partial charge is 0.224 e. The molecule has 0 aromatic heterocycles. The zero-order valence-corrected chi connectivity index (χ0v) is 18.1. The Morgan fingerprint density at radius 2 is 1.71 bits per heavy atom. The minimum atomic E-state index is 0.0902. The van der Waals surface area contributed by atoms with E-state index in [0.29, 0.717) is 18.9 Å². The lowest BCUT2D eigenvalue weighted by molar-refractivity contribution is -0.116. The van der Waals surface area contributed by atoms with E-state index < -0.39 is 0 Å². The molecule has 1 N–H and O–H groups in total. The summed E-state index contributed by atoms with van der Waals surface area (Å²) in [5, 5.41) is 3.19. The minimum absolute atomic E-state index is 0.0902. The van der Waals surface area contributed by atoms with E-state index in [-0.39, 0.29) is 11.8 Å². The van der Waals surface area contributed by atoms with Crippen LogP contribution >= 0.6 is 0 Å². The highest BCUT2D eigenvalue weighted by Gasteiger charge is 2.28. The molecule has 28 heavy (non-hydrogen) atoms. The number of nitrogens with one attached hydrogen (secondary N) is 1. The van der Waals surface area contributed by atoms with Crippen molar-refractivity contribution in [1.29, 1.82) is 0 Å². The van der Waals surface area contributed by atoms with Gasteiger partial charge in [-0.15, -0.1) is 0 Å². The highest BCUT2D eigenvalue weighted by atomic mass is 16.5. The van der Waals surface area contributed by atoms with Crippen molar-refractivity contribution >= 4 is 11.6 Å². The van der Waals surface area contributed by atoms with Crippen molar-refractivity contribution in [3.05, 3.63) is 57.6 Å². The molecule has 0 fully saturated rings. The first-order valence-corrected chi connectivity index (χ1v) is 10.5. The molecule has 3 rings (SSSR count). The third-order valence-electron chi connectivity index (χ3n) is 6.00. The Morgan fingerprint density at radius 3 is 2.32 bits per heavy atom. The predicted molar refractivity (Wildman–Crippen MR) is 117 cm³/mol. The van der Waals surface area contributed by atoms with Gasteiger partial charge in [-0.1, -0.05) is 52.0 Å². The van der Waals surface area contributed by atoms with Crippen molar-refractivity contribution in [3.8, 4) is 5.75 Å². The van der Waals surface area contributed by atoms with E-state index in [4.69, 9.17) is 4.74 Å². The van der Waals surface area contributed by atoms with Crippen LogP contribution in [-0.4, -0.2) is 12.5 Å². The molecule has 1 unspecified atom stereocenters. The summed E-state index contributed by atoms with van der Waals surface area (Å²) < 4.78 is 6.09. The molecule has 1 aliphatic heterocycles. The zero-order valence-electron chi connectivity index (χ0n) is 18.1. The Balaban J connectivity index is 2.06. The Labute approximate surface area is 169 Å². The number of fused-ring (bicyclic) bond motifs is 1. The van der Waals surface area contributed by atoms with Crippen LogP contribution in [0.5, 0.6) is 5.75 Å². The number of ether oxygens (including phenoxy) is 1. The van der Waals surface area contributed by atoms with Gasteiger partial charge < -0.3 is 10.1 Å². The molecule has 1 amide bonds. The van der Waals surface area contributed by atoms with Gasteiger partial charge in [-0.3, -0.25) is 4.79 Å². The summed E-state index contributed by atoms with van der Waals surface area (Å²) in [6.07, 6.45) is 2.31. The molecule has 1 heterocycles. The molecule has 0 aliphatic carbocycles. The van der Waals surface area contributed by atoms with Gasteiger partial charge in [0.1, 0.15) is 5.75 Å². The Kier molecular flexibility index (Phi) is 6.12. The van der Waals surface area contributed by atoms with Gasteiger partial charge in [0, 0.05) is 35.6 Å². The number of amides is 1. The number of anilines is 1. The van der Waals surface area contributed by atoms with Crippen LogP contribution < -0.4 is 10.1 Å². The number of rotatable bonds is 6. The number of hydrogen-bond donors (Lipinski definition) is 1. The Hall–Kier alpha value is -2.29. The van der Waals surface area contributed by atoms with Crippen LogP contribution in [0.1, 0.15) is 85.8 Å². The average Bonchev–Trinajstić information content (AvgIpc) is 3.15. The summed E-state index contributed by atoms with van der Waals surface area (Å²) in [4.78, 5) is 12.3. The quantitative estimate of drug-likeness (QED) is 0.644. The van der Waals surface area contributed by atoms with Gasteiger partial charge in [0.15, 0.2) is 0 Å². The zero-order chi connectivity index (χ0) is 20.4. The maximum Gasteiger partial charge on any atom is 0.224 e. The third kappa shape index (κ3) is 3.80. The summed E-state index contributed by atoms with van der Waals surface area (Å²) in [5.41, 5.74) is 8.35. The van der Waals surface area contributed by atoms with Crippen LogP contribution in [0.25, 0.3) is 0 Å². The molecule has 0 spiro atoms. The lowest BCUT2D eigenvalue weighted by Crippen LogP contribution is -2.15. The first-order chi connectivity index (χ1) is 13.3. The van der Waals surface area contributed by atoms with Crippen molar-refractivity contribution < 1.29 is 9.53 Å². The second-order valence-electron chi connectivity index (χ2n) is 8.29. The lowest BCUT2D eigenvalue weighted by atomic mass is 9.84. The normalized spacial score (nSPS) is 14.0. The summed E-state index contributed by atoms with van der Waals surface area (Å²) in [6.45, 7) is 13.6. The van der Waals surface area contributed by atoms with Crippen LogP contribution in [0.4, 0.5) is 5.69 Å². The maximum absolute atomic E-state index is 12.3. The van der Waals surface area contributed by atoms with E-state index in [2.05, 4.69) is 64.2 Å². The molecule has 1 atom stereocenters. The molecule has 1 aliphatic rings. The van der Waals surface area contributed by atoms with E-state index in [1.54, 1.807) is 0 Å². The molecule has 3 heteroatoms. The number of benzene rings is 2. The van der Waals surface area contributed by atoms with E-state index in [0.717, 1.165) is 35.4 Å². The van der Waals surface area contributed by atoms with Crippen LogP contribution in [0, 0.1) is 13.8 Å². The van der Waals surface area contributed by atoms with Crippen LogP contribution in [0.15, 0.2) is 24.3 Å². The van der Waals surface area contributed by atoms with Crippen LogP contribution in [0.3, 0.4) is 0 Å². The number of hydrogen-bond acceptors (Lipinski definition) is 2. The van der Waals surface area contributed by atoms with Crippen molar-refractivity contribution in [2.45, 2.75) is 72.6 Å². The summed E-state index contributed by atoms with van der Waals surface area (Å²) >= 11 is 0. The molecule has 3 nitrogen and oxygen atoms in total. The van der Waals surface area contributed by atoms with Crippen LogP contribution in [-0.2, 0) is 11.2 Å². The fourth-order valence-electron chi connectivity index (χ4n) is 4.27. The molecule has 0 radical (unpaired) electrons. The Bertz CT molecular complexity index is 865. The molecule has 2 aromatic carbocycles. The van der Waals surface area contributed by atoms with Crippen molar-refractivity contribution in [2.24, 2.45) is 0 Å². The highest BCUT2D eigenvalue weighted by molar-refractivity contribution is 5.93. The van der Waals surface area contributed by atoms with E-state index >= 15 is 0 Å². The second kappa shape index (κ2) is 8.38. The van der Waals surface area contributed by atoms with Crippen LogP contribution in [0.2, 0.25) is 0 Å². The standard InChI is InChI=1S/C25H33NO2/c1-7-8-22(27)26-24-17(5)21-13-14-28-25(21)23(18(24)6)16(4)20-11-9-19(10-12-20)15(2)3/h9-12,15-16H,7-8,13-14H2,1-6H3,(H,26,27). The highest BCUT2D eigenvalue weighted by Crippen LogP contribution is 2.45. The van der Waals surface area contributed by atoms with Gasteiger partial charge in [-0.2, -0.15) is 0 Å². The molecular formula is C25H33NO2. The molecule has 0 saturated heterocycles. The van der Waals surface area contributed by atoms with Gasteiger partial charge in [-0.25, -0.2) is 0 Å². The first kappa shape index (κ1) is 20.4. The fourth-order valence-corrected chi connectivity index (χ4v) is 4.27. The summed E-state index contributed by atoms with van der Waals surface area (Å²) in [7, 11) is 0. The number of carbonyl (C=O) groups excluding carboxylic acids is 1. The lowest BCUT2D eigenvalue weighted by Gasteiger charge is -2.24. The number of carbonyl (C=O) groups is 1. The van der Waals surface area contributed by atoms with Gasteiger partial charge >= 0.3 is 0 Å². The average molecular weight is 380 g/mol. The van der Waals surface area contributed by atoms with Crippen molar-refractivity contribution in [2.75, 3.05) is 11.9 Å². The minimum Gasteiger partial charge on any atom is -0.493 e. The van der Waals surface area contributed by atoms with Gasteiger partial charge in [-0.05, 0) is 48.4 Å². The molecule has 2 aromatic rings. The topological polar surface area (TPSA) is 38.3 Å². The van der Waals surface area contributed by atoms with E-state index in [1.807, 2.05) is 6.92 Å². The van der Waals surface area contributed by atoms with E-state index in [9.17, 15) is 4.79 Å². The first-order valence-electron chi connectivity index (χ1n) is 10.5. The molecule has 0 bridgehead atoms. The largest absolute Gasteiger partial charge is 0.493 e.